The lowest BCUT2D eigenvalue weighted by Crippen LogP contribution is -2.27. The van der Waals surface area contributed by atoms with Crippen molar-refractivity contribution in [3.8, 4) is 0 Å². The summed E-state index contributed by atoms with van der Waals surface area (Å²) in [7, 11) is 0. The van der Waals surface area contributed by atoms with Crippen LogP contribution in [0.4, 0.5) is 33.7 Å². The first-order valence-corrected chi connectivity index (χ1v) is 8.00. The van der Waals surface area contributed by atoms with Crippen LogP contribution in [-0.4, -0.2) is 22.6 Å². The predicted octanol–water partition coefficient (Wildman–Crippen LogP) is 4.84. The standard InChI is InChI=1S/C18H17F4N3O3/c1-17(2,3)28-16(27)23-10-7-8-11(19)13(9-10)25-15(26)12-5-4-6-14(24-12)18(20,21)22/h4-9H,1-3H3,(H,23,27)(H,25,26). The third-order valence-corrected chi connectivity index (χ3v) is 3.13. The summed E-state index contributed by atoms with van der Waals surface area (Å²) in [5.74, 6) is -1.89. The minimum Gasteiger partial charge on any atom is -0.444 e. The smallest absolute Gasteiger partial charge is 0.433 e. The number of nitrogens with zero attached hydrogens (tertiary/aromatic N) is 1. The van der Waals surface area contributed by atoms with Gasteiger partial charge < -0.3 is 10.1 Å². The van der Waals surface area contributed by atoms with E-state index in [0.717, 1.165) is 24.3 Å². The van der Waals surface area contributed by atoms with E-state index in [4.69, 9.17) is 4.74 Å². The van der Waals surface area contributed by atoms with Crippen molar-refractivity contribution in [3.05, 3.63) is 53.6 Å². The number of hydrogen-bond acceptors (Lipinski definition) is 4. The molecule has 1 heterocycles. The molecule has 0 aliphatic carbocycles. The Morgan fingerprint density at radius 1 is 1.04 bits per heavy atom. The summed E-state index contributed by atoms with van der Waals surface area (Å²) < 4.78 is 57.1. The van der Waals surface area contributed by atoms with Crippen LogP contribution in [0.2, 0.25) is 0 Å². The fourth-order valence-electron chi connectivity index (χ4n) is 2.03. The highest BCUT2D eigenvalue weighted by molar-refractivity contribution is 6.03. The van der Waals surface area contributed by atoms with E-state index >= 15 is 0 Å². The molecule has 0 aliphatic rings. The molecule has 1 aromatic heterocycles. The lowest BCUT2D eigenvalue weighted by molar-refractivity contribution is -0.141. The first-order valence-electron chi connectivity index (χ1n) is 8.00. The number of hydrogen-bond donors (Lipinski definition) is 2. The molecule has 0 fully saturated rings. The SMILES string of the molecule is CC(C)(C)OC(=O)Nc1ccc(F)c(NC(=O)c2cccc(C(F)(F)F)n2)c1. The summed E-state index contributed by atoms with van der Waals surface area (Å²) in [6, 6.07) is 6.10. The summed E-state index contributed by atoms with van der Waals surface area (Å²) in [4.78, 5) is 27.1. The maximum atomic E-state index is 14.0. The molecule has 0 radical (unpaired) electrons. The summed E-state index contributed by atoms with van der Waals surface area (Å²) in [6.07, 6.45) is -5.52. The number of ether oxygens (including phenoxy) is 1. The van der Waals surface area contributed by atoms with Gasteiger partial charge in [-0.25, -0.2) is 14.2 Å². The van der Waals surface area contributed by atoms with E-state index in [1.54, 1.807) is 20.8 Å². The molecule has 0 atom stereocenters. The summed E-state index contributed by atoms with van der Waals surface area (Å²) in [6.45, 7) is 4.97. The Bertz CT molecular complexity index is 892. The molecule has 2 amide bonds. The molecule has 150 valence electrons. The van der Waals surface area contributed by atoms with Crippen molar-refractivity contribution in [1.82, 2.24) is 4.98 Å². The van der Waals surface area contributed by atoms with Gasteiger partial charge in [-0.05, 0) is 51.1 Å². The predicted molar refractivity (Wildman–Crippen MR) is 93.4 cm³/mol. The molecule has 0 saturated heterocycles. The Balaban J connectivity index is 2.18. The lowest BCUT2D eigenvalue weighted by atomic mass is 10.2. The maximum absolute atomic E-state index is 14.0. The topological polar surface area (TPSA) is 80.3 Å². The van der Waals surface area contributed by atoms with Gasteiger partial charge >= 0.3 is 12.3 Å². The fourth-order valence-corrected chi connectivity index (χ4v) is 2.03. The van der Waals surface area contributed by atoms with Crippen molar-refractivity contribution in [2.24, 2.45) is 0 Å². The van der Waals surface area contributed by atoms with Crippen molar-refractivity contribution in [1.29, 1.82) is 0 Å². The molecule has 1 aromatic carbocycles. The molecular formula is C18H17F4N3O3. The van der Waals surface area contributed by atoms with Crippen LogP contribution in [0.1, 0.15) is 37.0 Å². The van der Waals surface area contributed by atoms with E-state index < -0.39 is 41.0 Å². The quantitative estimate of drug-likeness (QED) is 0.724. The minimum atomic E-state index is -4.72. The summed E-state index contributed by atoms with van der Waals surface area (Å²) in [5, 5.41) is 4.50. The number of aromatic nitrogens is 1. The largest absolute Gasteiger partial charge is 0.444 e. The van der Waals surface area contributed by atoms with Gasteiger partial charge in [0.2, 0.25) is 0 Å². The van der Waals surface area contributed by atoms with Crippen LogP contribution in [0.3, 0.4) is 0 Å². The number of rotatable bonds is 3. The third kappa shape index (κ3) is 5.93. The Kier molecular flexibility index (Phi) is 5.91. The maximum Gasteiger partial charge on any atom is 0.433 e. The third-order valence-electron chi connectivity index (χ3n) is 3.13. The average Bonchev–Trinajstić information content (AvgIpc) is 2.55. The molecule has 0 aliphatic heterocycles. The van der Waals surface area contributed by atoms with Crippen LogP contribution >= 0.6 is 0 Å². The number of nitrogens with one attached hydrogen (secondary N) is 2. The highest BCUT2D eigenvalue weighted by Gasteiger charge is 2.33. The molecule has 0 bridgehead atoms. The molecule has 2 N–H and O–H groups in total. The van der Waals surface area contributed by atoms with Crippen LogP contribution in [0.5, 0.6) is 0 Å². The van der Waals surface area contributed by atoms with Crippen molar-refractivity contribution in [2.45, 2.75) is 32.5 Å². The number of benzene rings is 1. The Morgan fingerprint density at radius 2 is 1.71 bits per heavy atom. The molecule has 0 saturated carbocycles. The zero-order valence-corrected chi connectivity index (χ0v) is 15.1. The molecule has 0 unspecified atom stereocenters. The van der Waals surface area contributed by atoms with Crippen LogP contribution < -0.4 is 10.6 Å². The van der Waals surface area contributed by atoms with E-state index in [0.29, 0.717) is 6.07 Å². The number of pyridine rings is 1. The molecule has 2 aromatic rings. The van der Waals surface area contributed by atoms with Crippen molar-refractivity contribution in [3.63, 3.8) is 0 Å². The number of halogens is 4. The second-order valence-corrected chi connectivity index (χ2v) is 6.68. The number of anilines is 2. The molecule has 2 rings (SSSR count). The fraction of sp³-hybridized carbons (Fsp3) is 0.278. The molecule has 0 spiro atoms. The first kappa shape index (κ1) is 21.1. The Morgan fingerprint density at radius 3 is 2.32 bits per heavy atom. The zero-order chi connectivity index (χ0) is 21.1. The second-order valence-electron chi connectivity index (χ2n) is 6.68. The van der Waals surface area contributed by atoms with E-state index in [2.05, 4.69) is 15.6 Å². The second kappa shape index (κ2) is 7.83. The lowest BCUT2D eigenvalue weighted by Gasteiger charge is -2.19. The molecule has 10 heteroatoms. The van der Waals surface area contributed by atoms with Crippen LogP contribution in [0, 0.1) is 5.82 Å². The van der Waals surface area contributed by atoms with Gasteiger partial charge in [-0.1, -0.05) is 6.07 Å². The molecular weight excluding hydrogens is 382 g/mol. The minimum absolute atomic E-state index is 0.114. The summed E-state index contributed by atoms with van der Waals surface area (Å²) >= 11 is 0. The van der Waals surface area contributed by atoms with Gasteiger partial charge in [0.05, 0.1) is 5.69 Å². The van der Waals surface area contributed by atoms with Crippen molar-refractivity contribution in [2.75, 3.05) is 10.6 Å². The van der Waals surface area contributed by atoms with Gasteiger partial charge in [0, 0.05) is 5.69 Å². The van der Waals surface area contributed by atoms with Crippen LogP contribution in [-0.2, 0) is 10.9 Å². The monoisotopic (exact) mass is 399 g/mol. The van der Waals surface area contributed by atoms with Gasteiger partial charge in [0.1, 0.15) is 22.8 Å². The Hall–Kier alpha value is -3.17. The number of amides is 2. The van der Waals surface area contributed by atoms with Crippen LogP contribution in [0.15, 0.2) is 36.4 Å². The van der Waals surface area contributed by atoms with E-state index in [-0.39, 0.29) is 11.4 Å². The van der Waals surface area contributed by atoms with Crippen molar-refractivity contribution < 1.29 is 31.9 Å². The normalized spacial score (nSPS) is 11.7. The van der Waals surface area contributed by atoms with E-state index in [9.17, 15) is 27.2 Å². The Labute approximate surface area is 157 Å². The van der Waals surface area contributed by atoms with Gasteiger partial charge in [-0.2, -0.15) is 13.2 Å². The molecule has 6 nitrogen and oxygen atoms in total. The van der Waals surface area contributed by atoms with E-state index in [1.807, 2.05) is 0 Å². The van der Waals surface area contributed by atoms with Gasteiger partial charge in [0.25, 0.3) is 5.91 Å². The van der Waals surface area contributed by atoms with Crippen LogP contribution in [0.25, 0.3) is 0 Å². The van der Waals surface area contributed by atoms with Crippen molar-refractivity contribution >= 4 is 23.4 Å². The average molecular weight is 399 g/mol. The summed E-state index contributed by atoms with van der Waals surface area (Å²) in [5.41, 5.74) is -2.78. The highest BCUT2D eigenvalue weighted by atomic mass is 19.4. The van der Waals surface area contributed by atoms with Gasteiger partial charge in [-0.3, -0.25) is 10.1 Å². The molecule has 28 heavy (non-hydrogen) atoms. The number of carbonyl (C=O) groups excluding carboxylic acids is 2. The highest BCUT2D eigenvalue weighted by Crippen LogP contribution is 2.27. The number of carbonyl (C=O) groups is 2. The number of alkyl halides is 3. The van der Waals surface area contributed by atoms with E-state index in [1.165, 1.54) is 6.07 Å². The zero-order valence-electron chi connectivity index (χ0n) is 15.1. The van der Waals surface area contributed by atoms with Gasteiger partial charge in [-0.15, -0.1) is 0 Å². The first-order chi connectivity index (χ1) is 12.8. The van der Waals surface area contributed by atoms with Gasteiger partial charge in [0.15, 0.2) is 0 Å².